The third kappa shape index (κ3) is 6.07. The Morgan fingerprint density at radius 3 is 2.75 bits per heavy atom. The van der Waals surface area contributed by atoms with E-state index in [1.165, 1.54) is 31.1 Å². The lowest BCUT2D eigenvalue weighted by atomic mass is 10.1. The molecule has 0 atom stereocenters. The van der Waals surface area contributed by atoms with Gasteiger partial charge in [-0.15, -0.1) is 11.3 Å². The van der Waals surface area contributed by atoms with Gasteiger partial charge in [-0.1, -0.05) is 6.42 Å². The number of aromatic nitrogens is 1. The lowest BCUT2D eigenvalue weighted by Crippen LogP contribution is -2.29. The number of piperidine rings is 1. The van der Waals surface area contributed by atoms with Crippen molar-refractivity contribution in [2.75, 3.05) is 31.5 Å². The van der Waals surface area contributed by atoms with Crippen molar-refractivity contribution in [2.45, 2.75) is 39.2 Å². The van der Waals surface area contributed by atoms with Crippen LogP contribution in [-0.2, 0) is 17.8 Å². The van der Waals surface area contributed by atoms with Gasteiger partial charge >= 0.3 is 0 Å². The molecule has 2 aliphatic heterocycles. The molecular weight excluding hydrogens is 374 g/mol. The molecule has 1 aromatic heterocycles. The molecule has 8 nitrogen and oxygen atoms in total. The molecule has 0 radical (unpaired) electrons. The number of rotatable bonds is 7. The number of thiazole rings is 1. The Bertz CT molecular complexity index is 773. The highest BCUT2D eigenvalue weighted by Crippen LogP contribution is 2.26. The number of hydrogen-bond donors (Lipinski definition) is 3. The Labute approximate surface area is 170 Å². The first-order valence-electron chi connectivity index (χ1n) is 9.70. The van der Waals surface area contributed by atoms with Crippen LogP contribution >= 0.6 is 11.3 Å². The molecule has 3 rings (SSSR count). The van der Waals surface area contributed by atoms with E-state index in [4.69, 9.17) is 16.5 Å². The van der Waals surface area contributed by atoms with Crippen molar-refractivity contribution >= 4 is 28.3 Å². The van der Waals surface area contributed by atoms with Crippen LogP contribution in [0.4, 0.5) is 5.13 Å². The normalized spacial score (nSPS) is 17.3. The van der Waals surface area contributed by atoms with Crippen LogP contribution in [0.3, 0.4) is 0 Å². The van der Waals surface area contributed by atoms with E-state index in [2.05, 4.69) is 20.1 Å². The Morgan fingerprint density at radius 2 is 2.11 bits per heavy atom. The Kier molecular flexibility index (Phi) is 7.05. The van der Waals surface area contributed by atoms with Crippen LogP contribution in [0.1, 0.15) is 36.8 Å². The predicted molar refractivity (Wildman–Crippen MR) is 114 cm³/mol. The Hall–Kier alpha value is -2.39. The van der Waals surface area contributed by atoms with Gasteiger partial charge in [-0.25, -0.2) is 9.98 Å². The van der Waals surface area contributed by atoms with Gasteiger partial charge in [0.25, 0.3) is 0 Å². The second-order valence-electron chi connectivity index (χ2n) is 7.13. The van der Waals surface area contributed by atoms with Crippen molar-refractivity contribution in [1.82, 2.24) is 14.8 Å². The number of hydrogen-bond acceptors (Lipinski definition) is 6. The van der Waals surface area contributed by atoms with Crippen molar-refractivity contribution in [2.24, 2.45) is 16.5 Å². The quantitative estimate of drug-likeness (QED) is 0.471. The van der Waals surface area contributed by atoms with Crippen molar-refractivity contribution in [3.63, 3.8) is 0 Å². The number of likely N-dealkylation sites (tertiary alicyclic amines) is 1. The van der Waals surface area contributed by atoms with Crippen LogP contribution in [0.15, 0.2) is 29.0 Å². The summed E-state index contributed by atoms with van der Waals surface area (Å²) in [6, 6.07) is 0. The minimum atomic E-state index is -0.0822. The number of allylic oxidation sites excluding steroid dienone is 1. The van der Waals surface area contributed by atoms with Gasteiger partial charge in [0.05, 0.1) is 11.4 Å². The molecule has 0 spiro atoms. The topological polar surface area (TPSA) is 113 Å². The fourth-order valence-electron chi connectivity index (χ4n) is 3.40. The average molecular weight is 404 g/mol. The van der Waals surface area contributed by atoms with Crippen LogP contribution in [0, 0.1) is 0 Å². The molecule has 28 heavy (non-hydrogen) atoms. The Balaban J connectivity index is 1.62. The van der Waals surface area contributed by atoms with Gasteiger partial charge in [0, 0.05) is 44.1 Å². The van der Waals surface area contributed by atoms with Gasteiger partial charge in [0.2, 0.25) is 5.91 Å². The van der Waals surface area contributed by atoms with E-state index >= 15 is 0 Å². The molecule has 2 aliphatic rings. The smallest absolute Gasteiger partial charge is 0.223 e. The molecule has 152 valence electrons. The number of nitrogens with zero attached hydrogens (tertiary/aromatic N) is 4. The van der Waals surface area contributed by atoms with Crippen molar-refractivity contribution in [3.05, 3.63) is 34.6 Å². The van der Waals surface area contributed by atoms with Crippen LogP contribution in [-0.4, -0.2) is 52.8 Å². The first-order chi connectivity index (χ1) is 13.5. The number of amides is 1. The van der Waals surface area contributed by atoms with E-state index < -0.39 is 0 Å². The fraction of sp³-hybridized carbons (Fsp3) is 0.526. The zero-order valence-corrected chi connectivity index (χ0v) is 17.2. The van der Waals surface area contributed by atoms with Gasteiger partial charge < -0.3 is 21.7 Å². The number of nitrogens with two attached hydrogens (primary N) is 2. The first kappa shape index (κ1) is 20.3. The minimum absolute atomic E-state index is 0.0691. The summed E-state index contributed by atoms with van der Waals surface area (Å²) in [4.78, 5) is 26.1. The number of carbonyl (C=O) groups is 1. The van der Waals surface area contributed by atoms with Crippen LogP contribution in [0.2, 0.25) is 0 Å². The molecular formula is C19H29N7OS. The summed E-state index contributed by atoms with van der Waals surface area (Å²) in [6.07, 6.45) is 10.6. The zero-order valence-electron chi connectivity index (χ0n) is 16.4. The second-order valence-corrected chi connectivity index (χ2v) is 8.22. The summed E-state index contributed by atoms with van der Waals surface area (Å²) in [5.74, 6) is -0.0131. The second kappa shape index (κ2) is 9.70. The predicted octanol–water partition coefficient (Wildman–Crippen LogP) is 1.62. The number of nitrogens with one attached hydrogen (secondary N) is 1. The highest BCUT2D eigenvalue weighted by molar-refractivity contribution is 7.15. The van der Waals surface area contributed by atoms with E-state index in [1.54, 1.807) is 11.3 Å². The molecule has 0 aromatic carbocycles. The van der Waals surface area contributed by atoms with E-state index in [0.717, 1.165) is 50.5 Å². The summed E-state index contributed by atoms with van der Waals surface area (Å²) in [5, 5.41) is 3.53. The van der Waals surface area contributed by atoms with Crippen molar-refractivity contribution < 1.29 is 4.79 Å². The molecule has 0 saturated carbocycles. The van der Waals surface area contributed by atoms with Gasteiger partial charge in [0.15, 0.2) is 11.1 Å². The van der Waals surface area contributed by atoms with Crippen LogP contribution in [0.5, 0.6) is 0 Å². The maximum Gasteiger partial charge on any atom is 0.223 e. The summed E-state index contributed by atoms with van der Waals surface area (Å²) in [6.45, 7) is 6.31. The van der Waals surface area contributed by atoms with Crippen LogP contribution < -0.4 is 16.8 Å². The van der Waals surface area contributed by atoms with E-state index in [1.807, 2.05) is 18.4 Å². The van der Waals surface area contributed by atoms with E-state index in [9.17, 15) is 4.79 Å². The molecule has 1 saturated heterocycles. The van der Waals surface area contributed by atoms with Crippen molar-refractivity contribution in [3.8, 4) is 0 Å². The average Bonchev–Trinajstić information content (AvgIpc) is 3.02. The summed E-state index contributed by atoms with van der Waals surface area (Å²) < 4.78 is 0. The lowest BCUT2D eigenvalue weighted by Gasteiger charge is -2.26. The Morgan fingerprint density at radius 1 is 1.32 bits per heavy atom. The molecule has 0 bridgehead atoms. The van der Waals surface area contributed by atoms with Crippen LogP contribution in [0.25, 0.3) is 0 Å². The van der Waals surface area contributed by atoms with Gasteiger partial charge in [0.1, 0.15) is 0 Å². The monoisotopic (exact) mass is 403 g/mol. The SMILES string of the molecule is CC(=O)Nc1nc(CCN2C=CC(N=C(N)N)=CC2)c(CN2CCCCC2)s1. The van der Waals surface area contributed by atoms with Gasteiger partial charge in [-0.2, -0.15) is 0 Å². The standard InChI is InChI=1S/C19H29N7OS/c1-14(27)22-19-24-16(17(28-19)13-26-8-3-2-4-9-26)7-12-25-10-5-15(6-11-25)23-18(20)21/h5-6,10H,2-4,7-9,11-13H2,1H3,(H4,20,21,23)(H,22,24,27). The summed E-state index contributed by atoms with van der Waals surface area (Å²) >= 11 is 1.60. The molecule has 0 unspecified atom stereocenters. The molecule has 5 N–H and O–H groups in total. The molecule has 9 heteroatoms. The third-order valence-corrected chi connectivity index (χ3v) is 5.76. The molecule has 1 amide bonds. The summed E-state index contributed by atoms with van der Waals surface area (Å²) in [7, 11) is 0. The molecule has 0 aliphatic carbocycles. The maximum atomic E-state index is 11.4. The number of guanidine groups is 1. The number of carbonyl (C=O) groups excluding carboxylic acids is 1. The van der Waals surface area contributed by atoms with E-state index in [0.29, 0.717) is 5.13 Å². The third-order valence-electron chi connectivity index (χ3n) is 4.76. The molecule has 1 aromatic rings. The first-order valence-corrected chi connectivity index (χ1v) is 10.5. The number of aliphatic imine (C=N–C) groups is 1. The fourth-order valence-corrected chi connectivity index (χ4v) is 4.49. The molecule has 3 heterocycles. The zero-order chi connectivity index (χ0) is 19.9. The maximum absolute atomic E-state index is 11.4. The van der Waals surface area contributed by atoms with E-state index in [-0.39, 0.29) is 11.9 Å². The molecule has 1 fully saturated rings. The largest absolute Gasteiger partial charge is 0.373 e. The highest BCUT2D eigenvalue weighted by atomic mass is 32.1. The lowest BCUT2D eigenvalue weighted by molar-refractivity contribution is -0.114. The number of anilines is 1. The van der Waals surface area contributed by atoms with Gasteiger partial charge in [-0.05, 0) is 38.1 Å². The summed E-state index contributed by atoms with van der Waals surface area (Å²) in [5.41, 5.74) is 12.7. The van der Waals surface area contributed by atoms with Gasteiger partial charge in [-0.3, -0.25) is 9.69 Å². The minimum Gasteiger partial charge on any atom is -0.373 e. The highest BCUT2D eigenvalue weighted by Gasteiger charge is 2.18. The van der Waals surface area contributed by atoms with Crippen molar-refractivity contribution in [1.29, 1.82) is 0 Å².